The average molecular weight is 337 g/mol. The van der Waals surface area contributed by atoms with E-state index in [0.717, 1.165) is 22.6 Å². The summed E-state index contributed by atoms with van der Waals surface area (Å²) >= 11 is 4.79. The molecule has 6 heteroatoms. The highest BCUT2D eigenvalue weighted by Gasteiger charge is 2.40. The molecule has 0 amide bonds. The molecule has 19 heavy (non-hydrogen) atoms. The van der Waals surface area contributed by atoms with Crippen LogP contribution in [0.2, 0.25) is 0 Å². The first kappa shape index (κ1) is 12.5. The van der Waals surface area contributed by atoms with Crippen LogP contribution in [-0.2, 0) is 4.32 Å². The fraction of sp³-hybridized carbons (Fsp3) is 0.154. The number of benzene rings is 1. The number of nitro groups is 1. The lowest BCUT2D eigenvalue weighted by atomic mass is 9.94. The standard InChI is InChI=1S/C13H9BrN2O2S/c1-13(14)9-4-2-3-5-10(9)15-11(13)8-6-7-19-12(8)16(17)18/h2-7H,1H3. The van der Waals surface area contributed by atoms with E-state index in [1.54, 1.807) is 11.4 Å². The van der Waals surface area contributed by atoms with Crippen LogP contribution >= 0.6 is 27.3 Å². The Morgan fingerprint density at radius 3 is 2.79 bits per heavy atom. The number of alkyl halides is 1. The molecular weight excluding hydrogens is 328 g/mol. The molecule has 0 aliphatic carbocycles. The average Bonchev–Trinajstić information content (AvgIpc) is 2.93. The van der Waals surface area contributed by atoms with Gasteiger partial charge in [0.15, 0.2) is 0 Å². The zero-order valence-electron chi connectivity index (χ0n) is 9.96. The van der Waals surface area contributed by atoms with E-state index >= 15 is 0 Å². The van der Waals surface area contributed by atoms with Crippen molar-refractivity contribution in [3.63, 3.8) is 0 Å². The van der Waals surface area contributed by atoms with E-state index in [4.69, 9.17) is 0 Å². The van der Waals surface area contributed by atoms with E-state index in [1.807, 2.05) is 31.2 Å². The van der Waals surface area contributed by atoms with E-state index in [-0.39, 0.29) is 9.92 Å². The fourth-order valence-electron chi connectivity index (χ4n) is 2.26. The van der Waals surface area contributed by atoms with E-state index in [1.165, 1.54) is 0 Å². The molecule has 0 saturated carbocycles. The van der Waals surface area contributed by atoms with Gasteiger partial charge in [-0.15, -0.1) is 0 Å². The molecule has 1 atom stereocenters. The number of fused-ring (bicyclic) bond motifs is 1. The molecule has 3 rings (SSSR count). The summed E-state index contributed by atoms with van der Waals surface area (Å²) in [5.41, 5.74) is 3.18. The molecule has 0 radical (unpaired) electrons. The zero-order chi connectivity index (χ0) is 13.6. The molecule has 2 heterocycles. The van der Waals surface area contributed by atoms with Gasteiger partial charge in [0.05, 0.1) is 26.2 Å². The third-order valence-corrected chi connectivity index (χ3v) is 4.82. The summed E-state index contributed by atoms with van der Waals surface area (Å²) in [5.74, 6) is 0. The van der Waals surface area contributed by atoms with Crippen LogP contribution in [0.3, 0.4) is 0 Å². The maximum absolute atomic E-state index is 11.1. The van der Waals surface area contributed by atoms with Gasteiger partial charge in [0, 0.05) is 5.56 Å². The number of nitrogens with zero attached hydrogens (tertiary/aromatic N) is 2. The number of rotatable bonds is 2. The Kier molecular flexibility index (Phi) is 2.79. The molecule has 0 saturated heterocycles. The maximum Gasteiger partial charge on any atom is 0.333 e. The predicted octanol–water partition coefficient (Wildman–Crippen LogP) is 4.40. The molecule has 2 aromatic rings. The molecule has 96 valence electrons. The van der Waals surface area contributed by atoms with Crippen molar-refractivity contribution in [3.8, 4) is 0 Å². The molecule has 0 bridgehead atoms. The molecule has 0 spiro atoms. The van der Waals surface area contributed by atoms with Crippen LogP contribution in [0.15, 0.2) is 40.7 Å². The molecule has 4 nitrogen and oxygen atoms in total. The smallest absolute Gasteiger partial charge is 0.258 e. The van der Waals surface area contributed by atoms with Crippen LogP contribution in [0.5, 0.6) is 0 Å². The second-order valence-corrected chi connectivity index (χ2v) is 6.86. The first-order valence-electron chi connectivity index (χ1n) is 5.61. The Labute approximate surface area is 122 Å². The van der Waals surface area contributed by atoms with Gasteiger partial charge in [-0.2, -0.15) is 0 Å². The summed E-state index contributed by atoms with van der Waals surface area (Å²) in [4.78, 5) is 15.3. The normalized spacial score (nSPS) is 21.1. The summed E-state index contributed by atoms with van der Waals surface area (Å²) in [5, 5.41) is 12.9. The Balaban J connectivity index is 2.18. The van der Waals surface area contributed by atoms with Crippen LogP contribution in [0, 0.1) is 10.1 Å². The minimum absolute atomic E-state index is 0.136. The quantitative estimate of drug-likeness (QED) is 0.463. The van der Waals surface area contributed by atoms with Gasteiger partial charge in [0.2, 0.25) is 0 Å². The van der Waals surface area contributed by atoms with E-state index in [9.17, 15) is 10.1 Å². The Hall–Kier alpha value is -1.53. The second-order valence-electron chi connectivity index (χ2n) is 4.38. The van der Waals surface area contributed by atoms with Crippen molar-refractivity contribution in [1.29, 1.82) is 0 Å². The summed E-state index contributed by atoms with van der Waals surface area (Å²) in [6.45, 7) is 1.97. The fourth-order valence-corrected chi connectivity index (χ4v) is 3.61. The van der Waals surface area contributed by atoms with Crippen LogP contribution < -0.4 is 0 Å². The molecule has 1 unspecified atom stereocenters. The van der Waals surface area contributed by atoms with Gasteiger partial charge in [-0.3, -0.25) is 15.1 Å². The lowest BCUT2D eigenvalue weighted by molar-refractivity contribution is -0.380. The molecular formula is C13H9BrN2O2S. The third kappa shape index (κ3) is 1.82. The van der Waals surface area contributed by atoms with Crippen molar-refractivity contribution < 1.29 is 4.92 Å². The minimum atomic E-state index is -0.491. The van der Waals surface area contributed by atoms with E-state index in [2.05, 4.69) is 20.9 Å². The topological polar surface area (TPSA) is 55.5 Å². The third-order valence-electron chi connectivity index (χ3n) is 3.15. The molecule has 1 aromatic heterocycles. The van der Waals surface area contributed by atoms with E-state index in [0.29, 0.717) is 11.3 Å². The largest absolute Gasteiger partial charge is 0.333 e. The number of aliphatic imine (C=N–C) groups is 1. The van der Waals surface area contributed by atoms with Gasteiger partial charge in [-0.05, 0) is 24.4 Å². The monoisotopic (exact) mass is 336 g/mol. The number of para-hydroxylation sites is 1. The van der Waals surface area contributed by atoms with Crippen LogP contribution in [0.25, 0.3) is 0 Å². The Morgan fingerprint density at radius 1 is 1.37 bits per heavy atom. The van der Waals surface area contributed by atoms with Gasteiger partial charge in [-0.25, -0.2) is 0 Å². The Morgan fingerprint density at radius 2 is 2.11 bits per heavy atom. The van der Waals surface area contributed by atoms with Gasteiger partial charge in [-0.1, -0.05) is 45.5 Å². The number of hydrogen-bond donors (Lipinski definition) is 0. The number of hydrogen-bond acceptors (Lipinski definition) is 4. The zero-order valence-corrected chi connectivity index (χ0v) is 12.4. The van der Waals surface area contributed by atoms with Gasteiger partial charge in [0.1, 0.15) is 0 Å². The Bertz CT molecular complexity index is 706. The first-order chi connectivity index (χ1) is 9.01. The minimum Gasteiger partial charge on any atom is -0.258 e. The SMILES string of the molecule is CC1(Br)C(c2ccsc2[N+](=O)[O-])=Nc2ccccc21. The summed E-state index contributed by atoms with van der Waals surface area (Å²) in [6.07, 6.45) is 0. The van der Waals surface area contributed by atoms with Crippen molar-refractivity contribution in [2.75, 3.05) is 0 Å². The van der Waals surface area contributed by atoms with Crippen molar-refractivity contribution in [2.24, 2.45) is 4.99 Å². The molecule has 1 aliphatic heterocycles. The summed E-state index contributed by atoms with van der Waals surface area (Å²) in [6, 6.07) is 9.51. The predicted molar refractivity (Wildman–Crippen MR) is 79.9 cm³/mol. The van der Waals surface area contributed by atoms with Gasteiger partial charge in [0.25, 0.3) is 0 Å². The highest BCUT2D eigenvalue weighted by Crippen LogP contribution is 2.47. The highest BCUT2D eigenvalue weighted by atomic mass is 79.9. The lowest BCUT2D eigenvalue weighted by Crippen LogP contribution is -2.23. The lowest BCUT2D eigenvalue weighted by Gasteiger charge is -2.19. The van der Waals surface area contributed by atoms with Crippen LogP contribution in [0.4, 0.5) is 10.7 Å². The van der Waals surface area contributed by atoms with Crippen molar-refractivity contribution in [3.05, 3.63) is 57.0 Å². The second kappa shape index (κ2) is 4.25. The van der Waals surface area contributed by atoms with Gasteiger partial charge < -0.3 is 0 Å². The number of halogens is 1. The van der Waals surface area contributed by atoms with Crippen LogP contribution in [0.1, 0.15) is 18.1 Å². The van der Waals surface area contributed by atoms with Crippen molar-refractivity contribution in [1.82, 2.24) is 0 Å². The molecule has 0 fully saturated rings. The molecule has 0 N–H and O–H groups in total. The van der Waals surface area contributed by atoms with Crippen LogP contribution in [-0.4, -0.2) is 10.6 Å². The van der Waals surface area contributed by atoms with Crippen molar-refractivity contribution in [2.45, 2.75) is 11.2 Å². The van der Waals surface area contributed by atoms with Crippen molar-refractivity contribution >= 4 is 43.7 Å². The summed E-state index contributed by atoms with van der Waals surface area (Å²) < 4.78 is -0.491. The van der Waals surface area contributed by atoms with E-state index < -0.39 is 4.32 Å². The highest BCUT2D eigenvalue weighted by molar-refractivity contribution is 9.10. The van der Waals surface area contributed by atoms with Gasteiger partial charge >= 0.3 is 5.00 Å². The maximum atomic E-state index is 11.1. The molecule has 1 aliphatic rings. The first-order valence-corrected chi connectivity index (χ1v) is 7.29. The summed E-state index contributed by atoms with van der Waals surface area (Å²) in [7, 11) is 0. The molecule has 1 aromatic carbocycles. The number of thiophene rings is 1.